The SMILES string of the molecule is CS(=O)(=O)N1CCN(C(=O)N2CC[C@@H](CCOc3ccc(C(F)(F)F)cn3)[C@@H](c3ccc(Cl)cc3)C2)CC1. The summed E-state index contributed by atoms with van der Waals surface area (Å²) in [7, 11) is -3.29. The Morgan fingerprint density at radius 3 is 2.32 bits per heavy atom. The Labute approximate surface area is 225 Å². The lowest BCUT2D eigenvalue weighted by Gasteiger charge is -2.42. The van der Waals surface area contributed by atoms with E-state index in [1.165, 1.54) is 16.6 Å². The van der Waals surface area contributed by atoms with Crippen molar-refractivity contribution in [3.8, 4) is 5.88 Å². The van der Waals surface area contributed by atoms with Crippen molar-refractivity contribution in [2.24, 2.45) is 5.92 Å². The quantitative estimate of drug-likeness (QED) is 0.513. The van der Waals surface area contributed by atoms with Crippen LogP contribution in [0.5, 0.6) is 5.88 Å². The molecule has 13 heteroatoms. The zero-order chi connectivity index (χ0) is 27.5. The predicted octanol–water partition coefficient (Wildman–Crippen LogP) is 4.33. The van der Waals surface area contributed by atoms with Crippen molar-refractivity contribution in [3.05, 3.63) is 58.7 Å². The highest BCUT2D eigenvalue weighted by Gasteiger charge is 2.36. The zero-order valence-electron chi connectivity index (χ0n) is 20.9. The number of carbonyl (C=O) groups excluding carboxylic acids is 1. The maximum absolute atomic E-state index is 13.3. The van der Waals surface area contributed by atoms with Gasteiger partial charge in [0, 0.05) is 62.5 Å². The standard InChI is InChI=1S/C25H30ClF3N4O4S/c1-38(35,36)33-13-11-31(12-14-33)24(34)32-10-8-19(22(17-32)18-2-5-21(26)6-3-18)9-15-37-23-7-4-20(16-30-23)25(27,28)29/h2-7,16,19,22H,8-15,17H2,1H3/t19-,22+/m0/s1. The fourth-order valence-electron chi connectivity index (χ4n) is 4.97. The van der Waals surface area contributed by atoms with Gasteiger partial charge < -0.3 is 14.5 Å². The molecule has 0 bridgehead atoms. The molecule has 208 valence electrons. The number of amides is 2. The van der Waals surface area contributed by atoms with Crippen molar-refractivity contribution in [2.45, 2.75) is 24.9 Å². The number of ether oxygens (including phenoxy) is 1. The highest BCUT2D eigenvalue weighted by Crippen LogP contribution is 2.36. The summed E-state index contributed by atoms with van der Waals surface area (Å²) in [5.74, 6) is 0.296. The largest absolute Gasteiger partial charge is 0.478 e. The number of urea groups is 1. The summed E-state index contributed by atoms with van der Waals surface area (Å²) < 4.78 is 68.9. The lowest BCUT2D eigenvalue weighted by atomic mass is 9.79. The molecular formula is C25H30ClF3N4O4S. The number of carbonyl (C=O) groups is 1. The molecule has 0 unspecified atom stereocenters. The first-order chi connectivity index (χ1) is 17.9. The highest BCUT2D eigenvalue weighted by atomic mass is 35.5. The number of piperidine rings is 1. The number of rotatable bonds is 6. The number of alkyl halides is 3. The third-order valence-corrected chi connectivity index (χ3v) is 8.66. The number of nitrogens with zero attached hydrogens (tertiary/aromatic N) is 4. The first-order valence-electron chi connectivity index (χ1n) is 12.3. The Hall–Kier alpha value is -2.57. The number of piperazine rings is 1. The van der Waals surface area contributed by atoms with Crippen molar-refractivity contribution in [1.82, 2.24) is 19.1 Å². The number of hydrogen-bond acceptors (Lipinski definition) is 5. The summed E-state index contributed by atoms with van der Waals surface area (Å²) in [5.41, 5.74) is 0.203. The molecule has 1 aromatic carbocycles. The maximum atomic E-state index is 13.3. The van der Waals surface area contributed by atoms with Gasteiger partial charge in [0.05, 0.1) is 18.4 Å². The van der Waals surface area contributed by atoms with Crippen molar-refractivity contribution in [3.63, 3.8) is 0 Å². The maximum Gasteiger partial charge on any atom is 0.417 e. The summed E-state index contributed by atoms with van der Waals surface area (Å²) in [6.07, 6.45) is -1.18. The molecule has 2 aliphatic heterocycles. The van der Waals surface area contributed by atoms with Gasteiger partial charge >= 0.3 is 12.2 Å². The molecule has 2 amide bonds. The molecule has 2 fully saturated rings. The summed E-state index contributed by atoms with van der Waals surface area (Å²) >= 11 is 6.09. The van der Waals surface area contributed by atoms with Crippen LogP contribution in [0, 0.1) is 5.92 Å². The molecule has 38 heavy (non-hydrogen) atoms. The smallest absolute Gasteiger partial charge is 0.417 e. The molecule has 2 saturated heterocycles. The molecule has 8 nitrogen and oxygen atoms in total. The Morgan fingerprint density at radius 1 is 1.05 bits per heavy atom. The average Bonchev–Trinajstić information content (AvgIpc) is 2.88. The number of aromatic nitrogens is 1. The van der Waals surface area contributed by atoms with E-state index < -0.39 is 21.8 Å². The number of sulfonamides is 1. The van der Waals surface area contributed by atoms with Crippen LogP contribution in [0.2, 0.25) is 5.02 Å². The van der Waals surface area contributed by atoms with Crippen LogP contribution >= 0.6 is 11.6 Å². The molecule has 1 aromatic heterocycles. The van der Waals surface area contributed by atoms with Gasteiger partial charge in [-0.25, -0.2) is 18.2 Å². The third kappa shape index (κ3) is 7.09. The average molecular weight is 575 g/mol. The number of hydrogen-bond donors (Lipinski definition) is 0. The van der Waals surface area contributed by atoms with Gasteiger partial charge in [-0.3, -0.25) is 0 Å². The second-order valence-electron chi connectivity index (χ2n) is 9.60. The van der Waals surface area contributed by atoms with E-state index in [0.717, 1.165) is 17.8 Å². The van der Waals surface area contributed by atoms with Gasteiger partial charge in [-0.05, 0) is 42.5 Å². The van der Waals surface area contributed by atoms with Gasteiger partial charge in [0.1, 0.15) is 0 Å². The Morgan fingerprint density at radius 2 is 1.74 bits per heavy atom. The molecule has 2 aliphatic rings. The monoisotopic (exact) mass is 574 g/mol. The van der Waals surface area contributed by atoms with Crippen LogP contribution in [-0.4, -0.2) is 85.7 Å². The molecule has 0 aliphatic carbocycles. The predicted molar refractivity (Wildman–Crippen MR) is 137 cm³/mol. The third-order valence-electron chi connectivity index (χ3n) is 7.11. The van der Waals surface area contributed by atoms with Crippen molar-refractivity contribution >= 4 is 27.7 Å². The minimum Gasteiger partial charge on any atom is -0.478 e. The van der Waals surface area contributed by atoms with Gasteiger partial charge in [-0.1, -0.05) is 23.7 Å². The van der Waals surface area contributed by atoms with Crippen LogP contribution in [0.1, 0.15) is 29.9 Å². The Bertz CT molecular complexity index is 1200. The van der Waals surface area contributed by atoms with E-state index in [0.29, 0.717) is 44.0 Å². The molecule has 0 spiro atoms. The topological polar surface area (TPSA) is 83.1 Å². The Kier molecular flexibility index (Phi) is 8.73. The molecule has 4 rings (SSSR count). The van der Waals surface area contributed by atoms with Gasteiger partial charge in [-0.2, -0.15) is 17.5 Å². The van der Waals surface area contributed by atoms with E-state index in [-0.39, 0.29) is 43.4 Å². The number of halogens is 4. The number of likely N-dealkylation sites (tertiary alicyclic amines) is 1. The van der Waals surface area contributed by atoms with E-state index in [1.807, 2.05) is 29.2 Å². The molecule has 3 heterocycles. The van der Waals surface area contributed by atoms with Crippen LogP contribution in [0.15, 0.2) is 42.6 Å². The van der Waals surface area contributed by atoms with Gasteiger partial charge in [0.2, 0.25) is 15.9 Å². The Balaban J connectivity index is 1.39. The van der Waals surface area contributed by atoms with Crippen LogP contribution in [-0.2, 0) is 16.2 Å². The normalized spacial score (nSPS) is 21.4. The van der Waals surface area contributed by atoms with Crippen LogP contribution in [0.4, 0.5) is 18.0 Å². The summed E-state index contributed by atoms with van der Waals surface area (Å²) in [6.45, 7) is 2.52. The fourth-order valence-corrected chi connectivity index (χ4v) is 5.92. The minimum absolute atomic E-state index is 0.00596. The van der Waals surface area contributed by atoms with E-state index in [1.54, 1.807) is 4.90 Å². The van der Waals surface area contributed by atoms with Crippen molar-refractivity contribution < 1.29 is 31.1 Å². The second-order valence-corrected chi connectivity index (χ2v) is 12.0. The minimum atomic E-state index is -4.45. The first kappa shape index (κ1) is 28.4. The fraction of sp³-hybridized carbons (Fsp3) is 0.520. The number of pyridine rings is 1. The molecule has 2 atom stereocenters. The van der Waals surface area contributed by atoms with Crippen LogP contribution in [0.3, 0.4) is 0 Å². The van der Waals surface area contributed by atoms with E-state index in [9.17, 15) is 26.4 Å². The lowest BCUT2D eigenvalue weighted by molar-refractivity contribution is -0.137. The highest BCUT2D eigenvalue weighted by molar-refractivity contribution is 7.88. The first-order valence-corrected chi connectivity index (χ1v) is 14.5. The molecular weight excluding hydrogens is 545 g/mol. The second kappa shape index (κ2) is 11.7. The molecule has 0 radical (unpaired) electrons. The van der Waals surface area contributed by atoms with Crippen molar-refractivity contribution in [1.29, 1.82) is 0 Å². The molecule has 0 N–H and O–H groups in total. The van der Waals surface area contributed by atoms with Crippen molar-refractivity contribution in [2.75, 3.05) is 52.1 Å². The molecule has 0 saturated carbocycles. The van der Waals surface area contributed by atoms with Gasteiger partial charge in [0.15, 0.2) is 0 Å². The summed E-state index contributed by atoms with van der Waals surface area (Å²) in [5, 5.41) is 0.606. The van der Waals surface area contributed by atoms with Gasteiger partial charge in [-0.15, -0.1) is 0 Å². The van der Waals surface area contributed by atoms with E-state index in [2.05, 4.69) is 4.98 Å². The van der Waals surface area contributed by atoms with Gasteiger partial charge in [0.25, 0.3) is 0 Å². The number of benzene rings is 1. The van der Waals surface area contributed by atoms with Crippen LogP contribution < -0.4 is 4.74 Å². The summed E-state index contributed by atoms with van der Waals surface area (Å²) in [6, 6.07) is 9.54. The molecule has 2 aromatic rings. The lowest BCUT2D eigenvalue weighted by Crippen LogP contribution is -2.55. The van der Waals surface area contributed by atoms with Crippen LogP contribution in [0.25, 0.3) is 0 Å². The zero-order valence-corrected chi connectivity index (χ0v) is 22.5. The summed E-state index contributed by atoms with van der Waals surface area (Å²) in [4.78, 5) is 20.6. The van der Waals surface area contributed by atoms with E-state index >= 15 is 0 Å². The van der Waals surface area contributed by atoms with E-state index in [4.69, 9.17) is 16.3 Å².